The van der Waals surface area contributed by atoms with E-state index in [1.165, 1.54) is 0 Å². The first-order valence-corrected chi connectivity index (χ1v) is 6.59. The van der Waals surface area contributed by atoms with E-state index in [4.69, 9.17) is 10.5 Å². The van der Waals surface area contributed by atoms with E-state index in [0.29, 0.717) is 12.3 Å². The zero-order valence-corrected chi connectivity index (χ0v) is 12.6. The van der Waals surface area contributed by atoms with E-state index in [1.807, 2.05) is 26.0 Å². The number of rotatable bonds is 7. The molecule has 0 atom stereocenters. The maximum absolute atomic E-state index is 10.6. The van der Waals surface area contributed by atoms with Crippen molar-refractivity contribution in [2.24, 2.45) is 5.73 Å². The van der Waals surface area contributed by atoms with Crippen LogP contribution >= 0.6 is 0 Å². The van der Waals surface area contributed by atoms with Crippen LogP contribution in [0.3, 0.4) is 0 Å². The highest BCUT2D eigenvalue weighted by atomic mass is 16.5. The Hall–Kier alpha value is -1.59. The first kappa shape index (κ1) is 16.5. The summed E-state index contributed by atoms with van der Waals surface area (Å²) in [6.07, 6.45) is 0. The molecule has 0 saturated carbocycles. The van der Waals surface area contributed by atoms with Gasteiger partial charge in [0.1, 0.15) is 5.75 Å². The summed E-state index contributed by atoms with van der Waals surface area (Å²) in [5.41, 5.74) is 4.84. The number of carbonyl (C=O) groups excluding carboxylic acids is 1. The maximum Gasteiger partial charge on any atom is 0.255 e. The van der Waals surface area contributed by atoms with Gasteiger partial charge in [-0.15, -0.1) is 0 Å². The molecular formula is C15H24N2O3. The molecule has 0 aliphatic rings. The summed E-state index contributed by atoms with van der Waals surface area (Å²) >= 11 is 0. The normalized spacial score (nSPS) is 12.2. The van der Waals surface area contributed by atoms with Crippen LogP contribution in [-0.4, -0.2) is 28.8 Å². The van der Waals surface area contributed by atoms with Crippen molar-refractivity contribution in [2.75, 3.05) is 6.61 Å². The fraction of sp³-hybridized carbons (Fsp3) is 0.533. The smallest absolute Gasteiger partial charge is 0.255 e. The standard InChI is InChI=1S/C15H24N2O3/c1-14(2,15(3,4)19)17-9-11-5-7-12(8-6-11)20-10-13(16)18/h5-8,17,19H,9-10H2,1-4H3,(H2,16,18). The van der Waals surface area contributed by atoms with Crippen LogP contribution in [0.4, 0.5) is 0 Å². The number of ether oxygens (including phenoxy) is 1. The van der Waals surface area contributed by atoms with E-state index in [-0.39, 0.29) is 6.61 Å². The van der Waals surface area contributed by atoms with Gasteiger partial charge in [-0.3, -0.25) is 4.79 Å². The number of amides is 1. The number of primary amides is 1. The Labute approximate surface area is 120 Å². The molecule has 0 unspecified atom stereocenters. The van der Waals surface area contributed by atoms with Gasteiger partial charge in [-0.1, -0.05) is 12.1 Å². The highest BCUT2D eigenvalue weighted by molar-refractivity contribution is 5.75. The molecule has 20 heavy (non-hydrogen) atoms. The summed E-state index contributed by atoms with van der Waals surface area (Å²) in [4.78, 5) is 10.6. The lowest BCUT2D eigenvalue weighted by atomic mass is 9.86. The van der Waals surface area contributed by atoms with E-state index in [2.05, 4.69) is 5.32 Å². The number of aliphatic hydroxyl groups is 1. The molecule has 112 valence electrons. The average molecular weight is 280 g/mol. The lowest BCUT2D eigenvalue weighted by Gasteiger charge is -2.38. The molecule has 1 aromatic carbocycles. The number of hydrogen-bond donors (Lipinski definition) is 3. The van der Waals surface area contributed by atoms with Crippen LogP contribution < -0.4 is 15.8 Å². The van der Waals surface area contributed by atoms with Gasteiger partial charge in [0.05, 0.1) is 5.60 Å². The van der Waals surface area contributed by atoms with Crippen molar-refractivity contribution in [3.63, 3.8) is 0 Å². The van der Waals surface area contributed by atoms with Crippen molar-refractivity contribution < 1.29 is 14.6 Å². The predicted octanol–water partition coefficient (Wildman–Crippen LogP) is 1.19. The average Bonchev–Trinajstić information content (AvgIpc) is 2.34. The van der Waals surface area contributed by atoms with Crippen molar-refractivity contribution in [1.82, 2.24) is 5.32 Å². The fourth-order valence-corrected chi connectivity index (χ4v) is 1.40. The lowest BCUT2D eigenvalue weighted by Crippen LogP contribution is -2.55. The predicted molar refractivity (Wildman–Crippen MR) is 78.3 cm³/mol. The van der Waals surface area contributed by atoms with Crippen molar-refractivity contribution >= 4 is 5.91 Å². The molecule has 0 saturated heterocycles. The summed E-state index contributed by atoms with van der Waals surface area (Å²) in [7, 11) is 0. The third kappa shape index (κ3) is 4.83. The molecule has 0 heterocycles. The Balaban J connectivity index is 2.56. The number of nitrogens with one attached hydrogen (secondary N) is 1. The van der Waals surface area contributed by atoms with E-state index < -0.39 is 17.0 Å². The minimum absolute atomic E-state index is 0.122. The summed E-state index contributed by atoms with van der Waals surface area (Å²) < 4.78 is 5.19. The minimum atomic E-state index is -0.822. The van der Waals surface area contributed by atoms with Crippen molar-refractivity contribution in [1.29, 1.82) is 0 Å². The van der Waals surface area contributed by atoms with Gasteiger partial charge in [-0.2, -0.15) is 0 Å². The molecule has 5 nitrogen and oxygen atoms in total. The topological polar surface area (TPSA) is 84.6 Å². The number of carbonyl (C=O) groups is 1. The Kier molecular flexibility index (Phi) is 5.14. The Morgan fingerprint density at radius 3 is 2.25 bits per heavy atom. The van der Waals surface area contributed by atoms with Crippen molar-refractivity contribution in [3.05, 3.63) is 29.8 Å². The molecule has 1 rings (SSSR count). The quantitative estimate of drug-likeness (QED) is 0.700. The van der Waals surface area contributed by atoms with E-state index in [0.717, 1.165) is 5.56 Å². The Morgan fingerprint density at radius 2 is 1.80 bits per heavy atom. The lowest BCUT2D eigenvalue weighted by molar-refractivity contribution is -0.119. The second kappa shape index (κ2) is 6.24. The van der Waals surface area contributed by atoms with Gasteiger partial charge in [0.2, 0.25) is 0 Å². The van der Waals surface area contributed by atoms with Gasteiger partial charge >= 0.3 is 0 Å². The molecule has 0 aromatic heterocycles. The zero-order chi connectivity index (χ0) is 15.4. The first-order chi connectivity index (χ1) is 9.12. The monoisotopic (exact) mass is 280 g/mol. The summed E-state index contributed by atoms with van der Waals surface area (Å²) in [6.45, 7) is 7.98. The van der Waals surface area contributed by atoms with Crippen molar-refractivity contribution in [3.8, 4) is 5.75 Å². The SMILES string of the molecule is CC(C)(O)C(C)(C)NCc1ccc(OCC(N)=O)cc1. The fourth-order valence-electron chi connectivity index (χ4n) is 1.40. The molecule has 0 bridgehead atoms. The van der Waals surface area contributed by atoms with Crippen molar-refractivity contribution in [2.45, 2.75) is 45.4 Å². The Morgan fingerprint density at radius 1 is 1.25 bits per heavy atom. The molecule has 0 fully saturated rings. The number of nitrogens with two attached hydrogens (primary N) is 1. The van der Waals surface area contributed by atoms with Gasteiger partial charge in [0, 0.05) is 12.1 Å². The molecule has 1 amide bonds. The maximum atomic E-state index is 10.6. The molecular weight excluding hydrogens is 256 g/mol. The largest absolute Gasteiger partial charge is 0.484 e. The first-order valence-electron chi connectivity index (χ1n) is 6.59. The van der Waals surface area contributed by atoms with Crippen LogP contribution in [0.5, 0.6) is 5.75 Å². The van der Waals surface area contributed by atoms with Gasteiger partial charge in [-0.05, 0) is 45.4 Å². The zero-order valence-electron chi connectivity index (χ0n) is 12.6. The second-order valence-corrected chi connectivity index (χ2v) is 5.94. The molecule has 4 N–H and O–H groups in total. The van der Waals surface area contributed by atoms with Crippen LogP contribution in [0, 0.1) is 0 Å². The molecule has 5 heteroatoms. The summed E-state index contributed by atoms with van der Waals surface area (Å²) in [5, 5.41) is 13.4. The summed E-state index contributed by atoms with van der Waals surface area (Å²) in [5.74, 6) is 0.108. The molecule has 1 aromatic rings. The molecule has 0 aliphatic heterocycles. The third-order valence-corrected chi connectivity index (χ3v) is 3.57. The van der Waals surface area contributed by atoms with Crippen LogP contribution in [0.2, 0.25) is 0 Å². The van der Waals surface area contributed by atoms with Crippen LogP contribution in [-0.2, 0) is 11.3 Å². The van der Waals surface area contributed by atoms with Gasteiger partial charge in [0.25, 0.3) is 5.91 Å². The van der Waals surface area contributed by atoms with E-state index in [1.54, 1.807) is 26.0 Å². The van der Waals surface area contributed by atoms with E-state index >= 15 is 0 Å². The summed E-state index contributed by atoms with van der Waals surface area (Å²) in [6, 6.07) is 7.39. The van der Waals surface area contributed by atoms with Gasteiger partial charge in [0.15, 0.2) is 6.61 Å². The molecule has 0 spiro atoms. The van der Waals surface area contributed by atoms with Crippen LogP contribution in [0.15, 0.2) is 24.3 Å². The minimum Gasteiger partial charge on any atom is -0.484 e. The number of benzene rings is 1. The highest BCUT2D eigenvalue weighted by Gasteiger charge is 2.34. The van der Waals surface area contributed by atoms with Crippen LogP contribution in [0.25, 0.3) is 0 Å². The molecule has 0 radical (unpaired) electrons. The van der Waals surface area contributed by atoms with Crippen LogP contribution in [0.1, 0.15) is 33.3 Å². The Bertz CT molecular complexity index is 447. The highest BCUT2D eigenvalue weighted by Crippen LogP contribution is 2.21. The third-order valence-electron chi connectivity index (χ3n) is 3.57. The van der Waals surface area contributed by atoms with E-state index in [9.17, 15) is 9.90 Å². The number of hydrogen-bond acceptors (Lipinski definition) is 4. The second-order valence-electron chi connectivity index (χ2n) is 5.94. The van der Waals surface area contributed by atoms with Gasteiger partial charge in [-0.25, -0.2) is 0 Å². The molecule has 0 aliphatic carbocycles. The van der Waals surface area contributed by atoms with Gasteiger partial charge < -0.3 is 20.9 Å².